The van der Waals surface area contributed by atoms with Crippen LogP contribution in [0.3, 0.4) is 0 Å². The smallest absolute Gasteiger partial charge is 0.270 e. The lowest BCUT2D eigenvalue weighted by atomic mass is 10.0. The molecule has 1 aromatic carbocycles. The van der Waals surface area contributed by atoms with Crippen molar-refractivity contribution in [1.82, 2.24) is 4.57 Å². The third-order valence-electron chi connectivity index (χ3n) is 4.17. The monoisotopic (exact) mass is 359 g/mol. The van der Waals surface area contributed by atoms with Crippen molar-refractivity contribution in [2.75, 3.05) is 6.61 Å². The Labute approximate surface area is 140 Å². The molecule has 116 valence electrons. The zero-order valence-corrected chi connectivity index (χ0v) is 13.8. The normalized spacial score (nSPS) is 27.8. The van der Waals surface area contributed by atoms with Crippen LogP contribution >= 0.6 is 35.4 Å². The van der Waals surface area contributed by atoms with Gasteiger partial charge in [-0.15, -0.1) is 0 Å². The van der Waals surface area contributed by atoms with Crippen molar-refractivity contribution in [3.05, 3.63) is 26.5 Å². The average Bonchev–Trinajstić information content (AvgIpc) is 3.04. The highest BCUT2D eigenvalue weighted by molar-refractivity contribution is 7.71. The Morgan fingerprint density at radius 2 is 2.18 bits per heavy atom. The Kier molecular flexibility index (Phi) is 3.36. The van der Waals surface area contributed by atoms with E-state index in [1.807, 2.05) is 6.92 Å². The van der Waals surface area contributed by atoms with Crippen molar-refractivity contribution in [2.24, 2.45) is 0 Å². The molecule has 0 aliphatic carbocycles. The standard InChI is InChI=1S/C14H11Cl2NO4S/c1-5-6(15)2-8-12(11(5)16)21-14(22)17(8)7-3-9(18)13-19-4-10(7)20-13/h2,7,10,13H,3-4H2,1H3/t7-,10+,13+/m1/s1. The lowest BCUT2D eigenvalue weighted by Crippen LogP contribution is -2.37. The molecule has 4 rings (SSSR count). The maximum atomic E-state index is 12.0. The Bertz CT molecular complexity index is 859. The van der Waals surface area contributed by atoms with Crippen LogP contribution in [0.5, 0.6) is 0 Å². The SMILES string of the molecule is Cc1c(Cl)cc2c(oc(=S)n2[C@@H]2CC(=O)[C@H]3OC[C@@H]2O3)c1Cl. The van der Waals surface area contributed by atoms with Crippen LogP contribution in [0.1, 0.15) is 18.0 Å². The van der Waals surface area contributed by atoms with Crippen LogP contribution in [0.4, 0.5) is 0 Å². The number of carbonyl (C=O) groups excluding carboxylic acids is 1. The molecular weight excluding hydrogens is 349 g/mol. The lowest BCUT2D eigenvalue weighted by molar-refractivity contribution is -0.156. The van der Waals surface area contributed by atoms with E-state index in [1.165, 1.54) is 0 Å². The molecule has 5 nitrogen and oxygen atoms in total. The molecule has 0 saturated carbocycles. The number of ether oxygens (including phenoxy) is 2. The summed E-state index contributed by atoms with van der Waals surface area (Å²) in [4.78, 5) is 12.3. The number of fused-ring (bicyclic) bond motifs is 3. The third-order valence-corrected chi connectivity index (χ3v) is 5.30. The second-order valence-corrected chi connectivity index (χ2v) is 6.60. The second-order valence-electron chi connectivity index (χ2n) is 5.46. The number of rotatable bonds is 1. The van der Waals surface area contributed by atoms with Gasteiger partial charge in [0.05, 0.1) is 23.2 Å². The van der Waals surface area contributed by atoms with Crippen LogP contribution in [0.2, 0.25) is 10.0 Å². The van der Waals surface area contributed by atoms with Gasteiger partial charge in [-0.3, -0.25) is 9.36 Å². The molecule has 8 heteroatoms. The summed E-state index contributed by atoms with van der Waals surface area (Å²) in [5.41, 5.74) is 1.87. The first-order chi connectivity index (χ1) is 10.5. The van der Waals surface area contributed by atoms with Crippen molar-refractivity contribution in [3.8, 4) is 0 Å². The van der Waals surface area contributed by atoms with Crippen LogP contribution in [-0.4, -0.2) is 29.4 Å². The maximum absolute atomic E-state index is 12.0. The summed E-state index contributed by atoms with van der Waals surface area (Å²) in [6.07, 6.45) is -0.710. The summed E-state index contributed by atoms with van der Waals surface area (Å²) < 4.78 is 18.3. The lowest BCUT2D eigenvalue weighted by Gasteiger charge is -2.27. The fourth-order valence-corrected chi connectivity index (χ4v) is 3.79. The van der Waals surface area contributed by atoms with Gasteiger partial charge in [-0.25, -0.2) is 0 Å². The predicted molar refractivity (Wildman–Crippen MR) is 83.1 cm³/mol. The van der Waals surface area contributed by atoms with Gasteiger partial charge < -0.3 is 13.9 Å². The van der Waals surface area contributed by atoms with Crippen molar-refractivity contribution in [3.63, 3.8) is 0 Å². The molecular formula is C14H11Cl2NO4S. The van der Waals surface area contributed by atoms with Gasteiger partial charge in [-0.1, -0.05) is 23.2 Å². The summed E-state index contributed by atoms with van der Waals surface area (Å²) in [6.45, 7) is 2.16. The molecule has 22 heavy (non-hydrogen) atoms. The van der Waals surface area contributed by atoms with Crippen molar-refractivity contribution in [1.29, 1.82) is 0 Å². The summed E-state index contributed by atoms with van der Waals surface area (Å²) in [5.74, 6) is -0.0979. The molecule has 2 fully saturated rings. The minimum absolute atomic E-state index is 0.0979. The Morgan fingerprint density at radius 1 is 1.41 bits per heavy atom. The van der Waals surface area contributed by atoms with Gasteiger partial charge in [0, 0.05) is 11.4 Å². The van der Waals surface area contributed by atoms with Crippen molar-refractivity contribution >= 4 is 52.3 Å². The van der Waals surface area contributed by atoms with E-state index < -0.39 is 6.29 Å². The van der Waals surface area contributed by atoms with Gasteiger partial charge >= 0.3 is 0 Å². The topological polar surface area (TPSA) is 53.6 Å². The Morgan fingerprint density at radius 3 is 2.95 bits per heavy atom. The molecule has 0 amide bonds. The van der Waals surface area contributed by atoms with E-state index in [4.69, 9.17) is 49.3 Å². The van der Waals surface area contributed by atoms with Gasteiger partial charge in [0.25, 0.3) is 4.84 Å². The highest BCUT2D eigenvalue weighted by Gasteiger charge is 2.45. The first kappa shape index (κ1) is 14.7. The highest BCUT2D eigenvalue weighted by Crippen LogP contribution is 2.39. The molecule has 1 aromatic heterocycles. The van der Waals surface area contributed by atoms with Crippen molar-refractivity contribution in [2.45, 2.75) is 31.8 Å². The molecule has 2 aliphatic rings. The number of hydrogen-bond donors (Lipinski definition) is 0. The summed E-state index contributed by atoms with van der Waals surface area (Å²) in [6, 6.07) is 1.47. The summed E-state index contributed by atoms with van der Waals surface area (Å²) in [7, 11) is 0. The largest absolute Gasteiger partial charge is 0.428 e. The van der Waals surface area contributed by atoms with E-state index in [-0.39, 0.29) is 29.2 Å². The number of benzene rings is 1. The number of hydrogen-bond acceptors (Lipinski definition) is 5. The van der Waals surface area contributed by atoms with E-state index in [9.17, 15) is 4.79 Å². The van der Waals surface area contributed by atoms with E-state index in [1.54, 1.807) is 10.6 Å². The van der Waals surface area contributed by atoms with Crippen LogP contribution in [-0.2, 0) is 14.3 Å². The van der Waals surface area contributed by atoms with E-state index >= 15 is 0 Å². The fraction of sp³-hybridized carbons (Fsp3) is 0.429. The average molecular weight is 360 g/mol. The molecule has 3 atom stereocenters. The molecule has 2 aliphatic heterocycles. The number of nitrogens with zero attached hydrogens (tertiary/aromatic N) is 1. The molecule has 0 spiro atoms. The highest BCUT2D eigenvalue weighted by atomic mass is 35.5. The summed E-state index contributed by atoms with van der Waals surface area (Å²) in [5, 5.41) is 0.946. The number of carbonyl (C=O) groups is 1. The third kappa shape index (κ3) is 1.98. The van der Waals surface area contributed by atoms with Gasteiger partial charge in [-0.05, 0) is 30.8 Å². The van der Waals surface area contributed by atoms with Crippen molar-refractivity contribution < 1.29 is 18.7 Å². The molecule has 2 bridgehead atoms. The molecule has 2 saturated heterocycles. The molecule has 3 heterocycles. The first-order valence-electron chi connectivity index (χ1n) is 6.77. The van der Waals surface area contributed by atoms with Crippen LogP contribution in [0.15, 0.2) is 10.5 Å². The zero-order chi connectivity index (χ0) is 15.6. The Balaban J connectivity index is 1.94. The number of oxazole rings is 1. The molecule has 0 radical (unpaired) electrons. The molecule has 2 aromatic rings. The summed E-state index contributed by atoms with van der Waals surface area (Å²) >= 11 is 17.8. The minimum Gasteiger partial charge on any atom is -0.428 e. The van der Waals surface area contributed by atoms with E-state index in [0.29, 0.717) is 27.8 Å². The molecule has 0 N–H and O–H groups in total. The first-order valence-corrected chi connectivity index (χ1v) is 7.93. The molecule has 0 unspecified atom stereocenters. The Hall–Kier alpha value is -0.920. The zero-order valence-electron chi connectivity index (χ0n) is 11.5. The number of Topliss-reactive ketones (excluding diaryl/α,β-unsaturated/α-hetero) is 1. The van der Waals surface area contributed by atoms with Gasteiger partial charge in [0.1, 0.15) is 6.10 Å². The van der Waals surface area contributed by atoms with E-state index in [0.717, 1.165) is 5.56 Å². The van der Waals surface area contributed by atoms with Gasteiger partial charge in [-0.2, -0.15) is 0 Å². The number of halogens is 2. The number of ketones is 1. The minimum atomic E-state index is -0.747. The number of aromatic nitrogens is 1. The fourth-order valence-electron chi connectivity index (χ4n) is 2.99. The van der Waals surface area contributed by atoms with Crippen LogP contribution < -0.4 is 0 Å². The predicted octanol–water partition coefficient (Wildman–Crippen LogP) is 3.83. The van der Waals surface area contributed by atoms with Crippen LogP contribution in [0.25, 0.3) is 11.1 Å². The van der Waals surface area contributed by atoms with Gasteiger partial charge in [0.2, 0.25) is 6.29 Å². The van der Waals surface area contributed by atoms with Gasteiger partial charge in [0.15, 0.2) is 11.4 Å². The van der Waals surface area contributed by atoms with E-state index in [2.05, 4.69) is 0 Å². The second kappa shape index (κ2) is 5.04. The van der Waals surface area contributed by atoms with Crippen LogP contribution in [0, 0.1) is 11.8 Å². The quantitative estimate of drug-likeness (QED) is 0.724. The maximum Gasteiger partial charge on any atom is 0.270 e.